The molecule has 2 heterocycles. The Morgan fingerprint density at radius 2 is 2.25 bits per heavy atom. The number of nitrogens with zero attached hydrogens (tertiary/aromatic N) is 3. The molecular formula is C13H22N4O2S. The first kappa shape index (κ1) is 14.0. The van der Waals surface area contributed by atoms with Crippen LogP contribution in [-0.4, -0.2) is 49.0 Å². The van der Waals surface area contributed by atoms with Crippen LogP contribution in [0, 0.1) is 5.92 Å². The molecule has 0 saturated heterocycles. The van der Waals surface area contributed by atoms with Crippen LogP contribution in [0.3, 0.4) is 0 Å². The molecule has 0 aromatic carbocycles. The Hall–Kier alpha value is -0.920. The molecule has 3 rings (SSSR count). The van der Waals surface area contributed by atoms with Gasteiger partial charge in [0.15, 0.2) is 0 Å². The van der Waals surface area contributed by atoms with Crippen LogP contribution in [0.2, 0.25) is 0 Å². The maximum absolute atomic E-state index is 11.3. The largest absolute Gasteiger partial charge is 0.295 e. The van der Waals surface area contributed by atoms with E-state index in [9.17, 15) is 8.42 Å². The zero-order chi connectivity index (χ0) is 14.2. The highest BCUT2D eigenvalue weighted by atomic mass is 32.2. The molecule has 0 unspecified atom stereocenters. The fourth-order valence-electron chi connectivity index (χ4n) is 3.04. The number of hydrogen-bond donors (Lipinski definition) is 1. The number of nitrogens with one attached hydrogen (secondary N) is 1. The standard InChI is InChI=1S/C13H22N4O2S/c1-20(18,19)15-7-13-10-16(8-11-3-2-4-11)9-12-5-6-14-17(12)13/h5-6,11,13,15H,2-4,7-10H2,1H3/t13-/m1/s1. The lowest BCUT2D eigenvalue weighted by Gasteiger charge is -2.38. The molecule has 1 atom stereocenters. The van der Waals surface area contributed by atoms with Crippen molar-refractivity contribution >= 4 is 10.0 Å². The predicted octanol–water partition coefficient (Wildman–Crippen LogP) is 0.589. The SMILES string of the molecule is CS(=O)(=O)NC[C@@H]1CN(CC2CCC2)Cc2ccnn21. The summed E-state index contributed by atoms with van der Waals surface area (Å²) < 4.78 is 27.1. The van der Waals surface area contributed by atoms with Gasteiger partial charge in [0.05, 0.1) is 18.0 Å². The first-order chi connectivity index (χ1) is 9.51. The molecule has 1 aromatic heterocycles. The zero-order valence-corrected chi connectivity index (χ0v) is 12.6. The summed E-state index contributed by atoms with van der Waals surface area (Å²) in [4.78, 5) is 2.44. The third-order valence-corrected chi connectivity index (χ3v) is 4.97. The lowest BCUT2D eigenvalue weighted by atomic mass is 9.85. The van der Waals surface area contributed by atoms with Gasteiger partial charge in [-0.2, -0.15) is 5.10 Å². The van der Waals surface area contributed by atoms with E-state index in [1.165, 1.54) is 31.2 Å². The molecule has 0 spiro atoms. The van der Waals surface area contributed by atoms with Gasteiger partial charge in [-0.25, -0.2) is 13.1 Å². The van der Waals surface area contributed by atoms with Gasteiger partial charge >= 0.3 is 0 Å². The van der Waals surface area contributed by atoms with Crippen molar-refractivity contribution in [3.8, 4) is 0 Å². The number of rotatable bonds is 5. The van der Waals surface area contributed by atoms with Crippen LogP contribution in [-0.2, 0) is 16.6 Å². The van der Waals surface area contributed by atoms with Gasteiger partial charge < -0.3 is 0 Å². The van der Waals surface area contributed by atoms with Gasteiger partial charge in [-0.05, 0) is 24.8 Å². The second-order valence-electron chi connectivity index (χ2n) is 6.03. The van der Waals surface area contributed by atoms with E-state index in [-0.39, 0.29) is 6.04 Å². The summed E-state index contributed by atoms with van der Waals surface area (Å²) in [6.07, 6.45) is 7.03. The first-order valence-electron chi connectivity index (χ1n) is 7.20. The van der Waals surface area contributed by atoms with Crippen LogP contribution in [0.1, 0.15) is 31.0 Å². The fourth-order valence-corrected chi connectivity index (χ4v) is 3.54. The van der Waals surface area contributed by atoms with E-state index in [0.29, 0.717) is 6.54 Å². The summed E-state index contributed by atoms with van der Waals surface area (Å²) in [5.41, 5.74) is 1.18. The molecule has 0 radical (unpaired) electrons. The van der Waals surface area contributed by atoms with Crippen LogP contribution in [0.5, 0.6) is 0 Å². The third-order valence-electron chi connectivity index (χ3n) is 4.27. The van der Waals surface area contributed by atoms with Crippen LogP contribution >= 0.6 is 0 Å². The van der Waals surface area contributed by atoms with Crippen molar-refractivity contribution in [2.24, 2.45) is 5.92 Å². The van der Waals surface area contributed by atoms with Crippen molar-refractivity contribution in [1.29, 1.82) is 0 Å². The zero-order valence-electron chi connectivity index (χ0n) is 11.8. The van der Waals surface area contributed by atoms with Crippen LogP contribution in [0.15, 0.2) is 12.3 Å². The second kappa shape index (κ2) is 5.46. The minimum absolute atomic E-state index is 0.0866. The van der Waals surface area contributed by atoms with Crippen LogP contribution in [0.4, 0.5) is 0 Å². The predicted molar refractivity (Wildman–Crippen MR) is 76.7 cm³/mol. The lowest BCUT2D eigenvalue weighted by Crippen LogP contribution is -2.44. The molecule has 1 aliphatic heterocycles. The Morgan fingerprint density at radius 3 is 2.90 bits per heavy atom. The van der Waals surface area contributed by atoms with Crippen molar-refractivity contribution in [2.75, 3.05) is 25.9 Å². The van der Waals surface area contributed by atoms with Crippen molar-refractivity contribution in [3.05, 3.63) is 18.0 Å². The van der Waals surface area contributed by atoms with Crippen molar-refractivity contribution in [1.82, 2.24) is 19.4 Å². The summed E-state index contributed by atoms with van der Waals surface area (Å²) in [6, 6.07) is 2.11. The van der Waals surface area contributed by atoms with E-state index in [1.54, 1.807) is 6.20 Å². The molecule has 1 N–H and O–H groups in total. The smallest absolute Gasteiger partial charge is 0.208 e. The number of fused-ring (bicyclic) bond motifs is 1. The Morgan fingerprint density at radius 1 is 1.45 bits per heavy atom. The molecule has 2 aliphatic rings. The monoisotopic (exact) mass is 298 g/mol. The number of hydrogen-bond acceptors (Lipinski definition) is 4. The molecule has 1 saturated carbocycles. The fraction of sp³-hybridized carbons (Fsp3) is 0.769. The molecule has 0 bridgehead atoms. The number of aromatic nitrogens is 2. The lowest BCUT2D eigenvalue weighted by molar-refractivity contribution is 0.124. The molecule has 20 heavy (non-hydrogen) atoms. The molecule has 0 amide bonds. The summed E-state index contributed by atoms with van der Waals surface area (Å²) in [5, 5.41) is 4.34. The summed E-state index contributed by atoms with van der Waals surface area (Å²) >= 11 is 0. The molecular weight excluding hydrogens is 276 g/mol. The molecule has 7 heteroatoms. The van der Waals surface area contributed by atoms with E-state index in [4.69, 9.17) is 0 Å². The minimum atomic E-state index is -3.15. The first-order valence-corrected chi connectivity index (χ1v) is 9.10. The van der Waals surface area contributed by atoms with E-state index in [2.05, 4.69) is 14.7 Å². The van der Waals surface area contributed by atoms with Gasteiger partial charge in [-0.15, -0.1) is 0 Å². The highest BCUT2D eigenvalue weighted by Gasteiger charge is 2.29. The topological polar surface area (TPSA) is 67.2 Å². The van der Waals surface area contributed by atoms with Crippen molar-refractivity contribution < 1.29 is 8.42 Å². The number of sulfonamides is 1. The molecule has 6 nitrogen and oxygen atoms in total. The van der Waals surface area contributed by atoms with E-state index >= 15 is 0 Å². The Balaban J connectivity index is 1.68. The Bertz CT molecular complexity index is 565. The molecule has 1 fully saturated rings. The molecule has 1 aliphatic carbocycles. The van der Waals surface area contributed by atoms with Crippen LogP contribution < -0.4 is 4.72 Å². The van der Waals surface area contributed by atoms with Crippen LogP contribution in [0.25, 0.3) is 0 Å². The van der Waals surface area contributed by atoms with Gasteiger partial charge in [0.25, 0.3) is 0 Å². The van der Waals surface area contributed by atoms with Gasteiger partial charge in [-0.3, -0.25) is 9.58 Å². The summed E-state index contributed by atoms with van der Waals surface area (Å²) in [6.45, 7) is 3.33. The maximum Gasteiger partial charge on any atom is 0.208 e. The van der Waals surface area contributed by atoms with E-state index in [0.717, 1.165) is 25.6 Å². The van der Waals surface area contributed by atoms with E-state index in [1.807, 2.05) is 10.7 Å². The van der Waals surface area contributed by atoms with Gasteiger partial charge in [-0.1, -0.05) is 6.42 Å². The Kier molecular flexibility index (Phi) is 3.83. The average molecular weight is 298 g/mol. The van der Waals surface area contributed by atoms with Gasteiger partial charge in [0.2, 0.25) is 10.0 Å². The highest BCUT2D eigenvalue weighted by Crippen LogP contribution is 2.29. The highest BCUT2D eigenvalue weighted by molar-refractivity contribution is 7.88. The van der Waals surface area contributed by atoms with Gasteiger partial charge in [0.1, 0.15) is 0 Å². The molecule has 1 aromatic rings. The normalized spacial score (nSPS) is 24.4. The summed E-state index contributed by atoms with van der Waals surface area (Å²) in [7, 11) is -3.15. The van der Waals surface area contributed by atoms with E-state index < -0.39 is 10.0 Å². The van der Waals surface area contributed by atoms with Crippen molar-refractivity contribution in [2.45, 2.75) is 31.8 Å². The summed E-state index contributed by atoms with van der Waals surface area (Å²) in [5.74, 6) is 0.827. The average Bonchev–Trinajstić information content (AvgIpc) is 2.78. The quantitative estimate of drug-likeness (QED) is 0.864. The Labute approximate surface area is 120 Å². The van der Waals surface area contributed by atoms with Gasteiger partial charge in [0, 0.05) is 32.4 Å². The second-order valence-corrected chi connectivity index (χ2v) is 7.87. The maximum atomic E-state index is 11.3. The van der Waals surface area contributed by atoms with Crippen molar-refractivity contribution in [3.63, 3.8) is 0 Å². The minimum Gasteiger partial charge on any atom is -0.295 e. The third kappa shape index (κ3) is 3.21. The molecule has 112 valence electrons.